The predicted molar refractivity (Wildman–Crippen MR) is 406 cm³/mol. The molecule has 0 spiro atoms. The normalized spacial score (nSPS) is 15.7. The molecule has 95 heavy (non-hydrogen) atoms. The maximum absolute atomic E-state index is 2.62. The fourth-order valence-corrected chi connectivity index (χ4v) is 17.2. The van der Waals surface area contributed by atoms with Crippen molar-refractivity contribution in [1.82, 2.24) is 0 Å². The van der Waals surface area contributed by atoms with E-state index in [0.29, 0.717) is 0 Å². The Balaban J connectivity index is 0.963. The van der Waals surface area contributed by atoms with Gasteiger partial charge < -0.3 is 0 Å². The molecule has 0 heterocycles. The van der Waals surface area contributed by atoms with E-state index in [4.69, 9.17) is 0 Å². The highest BCUT2D eigenvalue weighted by molar-refractivity contribution is 6.34. The number of benzene rings is 16. The quantitative estimate of drug-likeness (QED) is 0.115. The third-order valence-corrected chi connectivity index (χ3v) is 21.5. The molecule has 21 rings (SSSR count). The van der Waals surface area contributed by atoms with Gasteiger partial charge in [0.1, 0.15) is 0 Å². The van der Waals surface area contributed by atoms with E-state index in [0.717, 1.165) is 0 Å². The molecule has 0 nitrogen and oxygen atoms in total. The van der Waals surface area contributed by atoms with Crippen LogP contribution in [0.2, 0.25) is 0 Å². The summed E-state index contributed by atoms with van der Waals surface area (Å²) < 4.78 is 0. The Morgan fingerprint density at radius 1 is 0.189 bits per heavy atom. The van der Waals surface area contributed by atoms with Gasteiger partial charge in [-0.2, -0.15) is 0 Å². The van der Waals surface area contributed by atoms with Crippen molar-refractivity contribution in [3.8, 4) is 22.3 Å². The van der Waals surface area contributed by atoms with Crippen LogP contribution in [-0.4, -0.2) is 0 Å². The van der Waals surface area contributed by atoms with Gasteiger partial charge in [0.25, 0.3) is 0 Å². The smallest absolute Gasteiger partial charge is 0.0340 e. The van der Waals surface area contributed by atoms with Crippen molar-refractivity contribution in [2.45, 2.75) is 0 Å². The molecule has 0 amide bonds. The van der Waals surface area contributed by atoms with Gasteiger partial charge in [-0.25, -0.2) is 0 Å². The van der Waals surface area contributed by atoms with E-state index >= 15 is 0 Å². The van der Waals surface area contributed by atoms with Gasteiger partial charge in [0.15, 0.2) is 0 Å². The molecular weight excluding hydrogens is 1140 g/mol. The number of fused-ring (bicyclic) bond motifs is 17. The summed E-state index contributed by atoms with van der Waals surface area (Å²) in [7, 11) is 0. The average Bonchev–Trinajstić information content (AvgIpc) is 1.53. The highest BCUT2D eigenvalue weighted by Crippen LogP contribution is 2.64. The highest BCUT2D eigenvalue weighted by atomic mass is 14.5. The monoisotopic (exact) mass is 1200 g/mol. The second-order valence-electron chi connectivity index (χ2n) is 26.5. The lowest BCUT2D eigenvalue weighted by Crippen LogP contribution is -2.16. The van der Waals surface area contributed by atoms with Crippen molar-refractivity contribution < 1.29 is 0 Å². The molecule has 0 radical (unpaired) electrons. The van der Waals surface area contributed by atoms with E-state index in [1.807, 2.05) is 0 Å². The van der Waals surface area contributed by atoms with Gasteiger partial charge in [0.05, 0.1) is 0 Å². The fraction of sp³-hybridized carbons (Fsp3) is 0.0105. The molecule has 1 atom stereocenters. The minimum absolute atomic E-state index is 0.162. The summed E-state index contributed by atoms with van der Waals surface area (Å²) in [6, 6.07) is 109. The van der Waals surface area contributed by atoms with Gasteiger partial charge in [-0.05, 0) is 256 Å². The Morgan fingerprint density at radius 3 is 1.34 bits per heavy atom. The van der Waals surface area contributed by atoms with Gasteiger partial charge in [-0.1, -0.05) is 291 Å². The molecule has 0 fully saturated rings. The van der Waals surface area contributed by atoms with Crippen molar-refractivity contribution in [1.29, 1.82) is 0 Å². The average molecular weight is 1200 g/mol. The van der Waals surface area contributed by atoms with Gasteiger partial charge in [-0.3, -0.25) is 0 Å². The summed E-state index contributed by atoms with van der Waals surface area (Å²) in [6.07, 6.45) is 18.9. The largest absolute Gasteiger partial charge is 0.0617 e. The Bertz CT molecular complexity index is 6550. The summed E-state index contributed by atoms with van der Waals surface area (Å²) in [4.78, 5) is 0. The first-order valence-electron chi connectivity index (χ1n) is 33.3. The molecule has 0 bridgehead atoms. The fourth-order valence-electron chi connectivity index (χ4n) is 17.2. The first kappa shape index (κ1) is 52.4. The van der Waals surface area contributed by atoms with Crippen LogP contribution in [0.15, 0.2) is 367 Å². The van der Waals surface area contributed by atoms with Gasteiger partial charge >= 0.3 is 0 Å². The predicted octanol–water partition coefficient (Wildman–Crippen LogP) is 25.2. The molecule has 0 heteroatoms. The molecule has 0 saturated heterocycles. The van der Waals surface area contributed by atoms with E-state index in [1.165, 1.54) is 214 Å². The molecule has 0 N–H and O–H groups in total. The Labute approximate surface area is 549 Å². The summed E-state index contributed by atoms with van der Waals surface area (Å²) in [5.74, 6) is 0.162. The zero-order valence-electron chi connectivity index (χ0n) is 51.8. The van der Waals surface area contributed by atoms with E-state index < -0.39 is 0 Å². The second-order valence-corrected chi connectivity index (χ2v) is 26.5. The SMILES string of the molecule is C1=CC2=CC=CC3=CC(C4=C(c5cccc6cc7ccccc7cc56)C(c5ccc6ccc7ccccc7c6c5)=C5C4=C(c4ccc6ccc7ccccc7c6c4)c4cc(-c6cccc7c6ccc6ccccc67)c(-c6ccc7c(ccc8ccccc87)c6)cc45)=CC(=C1)C23. The summed E-state index contributed by atoms with van der Waals surface area (Å²) in [6.45, 7) is 0. The van der Waals surface area contributed by atoms with Crippen molar-refractivity contribution >= 4 is 130 Å². The maximum Gasteiger partial charge on any atom is 0.0340 e. The van der Waals surface area contributed by atoms with Crippen LogP contribution in [0.5, 0.6) is 0 Å². The lowest BCUT2D eigenvalue weighted by atomic mass is 9.73. The summed E-state index contributed by atoms with van der Waals surface area (Å²) >= 11 is 0. The highest BCUT2D eigenvalue weighted by Gasteiger charge is 2.43. The summed E-state index contributed by atoms with van der Waals surface area (Å²) in [5.41, 5.74) is 23.5. The third kappa shape index (κ3) is 7.83. The molecule has 436 valence electrons. The lowest BCUT2D eigenvalue weighted by Gasteiger charge is -2.31. The molecule has 0 aromatic heterocycles. The topological polar surface area (TPSA) is 0 Å². The number of rotatable bonds is 6. The van der Waals surface area contributed by atoms with Crippen LogP contribution >= 0.6 is 0 Å². The molecule has 16 aromatic rings. The Kier molecular flexibility index (Phi) is 11.1. The van der Waals surface area contributed by atoms with Crippen LogP contribution in [0.4, 0.5) is 0 Å². The second kappa shape index (κ2) is 20.1. The Morgan fingerprint density at radius 2 is 0.642 bits per heavy atom. The number of hydrogen-bond donors (Lipinski definition) is 0. The molecule has 5 aliphatic rings. The van der Waals surface area contributed by atoms with Gasteiger partial charge in [0, 0.05) is 5.92 Å². The molecular formula is C95H56. The number of hydrogen-bond acceptors (Lipinski definition) is 0. The van der Waals surface area contributed by atoms with Crippen LogP contribution in [0, 0.1) is 5.92 Å². The van der Waals surface area contributed by atoms with Crippen molar-refractivity contribution in [3.63, 3.8) is 0 Å². The summed E-state index contributed by atoms with van der Waals surface area (Å²) in [5, 5.41) is 24.8. The van der Waals surface area contributed by atoms with E-state index in [2.05, 4.69) is 334 Å². The van der Waals surface area contributed by atoms with Crippen molar-refractivity contribution in [2.24, 2.45) is 5.92 Å². The zero-order chi connectivity index (χ0) is 62.0. The van der Waals surface area contributed by atoms with Gasteiger partial charge in [-0.15, -0.1) is 0 Å². The van der Waals surface area contributed by atoms with Crippen LogP contribution in [0.3, 0.4) is 0 Å². The van der Waals surface area contributed by atoms with E-state index in [9.17, 15) is 0 Å². The van der Waals surface area contributed by atoms with Crippen LogP contribution in [0.1, 0.15) is 27.8 Å². The first-order chi connectivity index (χ1) is 47.1. The minimum atomic E-state index is 0.162. The van der Waals surface area contributed by atoms with Crippen molar-refractivity contribution in [2.75, 3.05) is 0 Å². The van der Waals surface area contributed by atoms with Crippen LogP contribution in [-0.2, 0) is 0 Å². The van der Waals surface area contributed by atoms with Crippen LogP contribution < -0.4 is 0 Å². The molecule has 1 unspecified atom stereocenters. The molecule has 0 saturated carbocycles. The lowest BCUT2D eigenvalue weighted by molar-refractivity contribution is 0.873. The first-order valence-corrected chi connectivity index (χ1v) is 33.3. The zero-order valence-corrected chi connectivity index (χ0v) is 51.8. The Hall–Kier alpha value is -12.2. The van der Waals surface area contributed by atoms with Crippen LogP contribution in [0.25, 0.3) is 152 Å². The molecule has 0 aliphatic heterocycles. The van der Waals surface area contributed by atoms with Gasteiger partial charge in [0.2, 0.25) is 0 Å². The van der Waals surface area contributed by atoms with Crippen molar-refractivity contribution in [3.05, 3.63) is 395 Å². The third-order valence-electron chi connectivity index (χ3n) is 21.5. The van der Waals surface area contributed by atoms with E-state index in [1.54, 1.807) is 0 Å². The minimum Gasteiger partial charge on any atom is -0.0617 e. The van der Waals surface area contributed by atoms with E-state index in [-0.39, 0.29) is 5.92 Å². The molecule has 16 aromatic carbocycles. The molecule has 5 aliphatic carbocycles. The number of allylic oxidation sites excluding steroid dienone is 17. The maximum atomic E-state index is 2.62. The standard InChI is InChI=1S/C95H56/c1-2-20-64-51-84-65(47-63(64)19-1)23-13-32-81(84)93-91(71-42-39-61-36-34-58-17-6-10-29-76(58)83(61)53-71)94-88-54-85(67-44-45-77-66(48-67)40-37-56-15-3-7-26-73(56)77)86(79-31-14-30-78-74-27-8-4-18-59(74)43-46-80(78)79)55-87(88)90(70-41-38-60-35-33-57-16-5-9-28-75(57)82(60)52-70)95(94)92(93)72-49-68-24-11-21-62-22-12-25-69(50-72)89(62)68/h1-55,89H.